The van der Waals surface area contributed by atoms with Crippen LogP contribution in [0.4, 0.5) is 0 Å². The summed E-state index contributed by atoms with van der Waals surface area (Å²) in [5.41, 5.74) is 2.95. The largest absolute Gasteiger partial charge is 0.385 e. The van der Waals surface area contributed by atoms with Gasteiger partial charge in [-0.2, -0.15) is 0 Å². The van der Waals surface area contributed by atoms with Gasteiger partial charge in [0.25, 0.3) is 0 Å². The first kappa shape index (κ1) is 11.3. The van der Waals surface area contributed by atoms with Gasteiger partial charge in [0.05, 0.1) is 12.2 Å². The van der Waals surface area contributed by atoms with Crippen LogP contribution in [0, 0.1) is 5.92 Å². The fraction of sp³-hybridized carbons (Fsp3) is 1.00. The molecule has 4 atom stereocenters. The number of fused-ring (bicyclic) bond motifs is 2. The second-order valence-corrected chi connectivity index (χ2v) is 4.68. The molecule has 2 aliphatic rings. The molecule has 2 aliphatic heterocycles. The SMILES string of the molecule is COCCCC(NN)C1CC2CCC1O2. The van der Waals surface area contributed by atoms with Crippen molar-refractivity contribution in [2.24, 2.45) is 11.8 Å². The second-order valence-electron chi connectivity index (χ2n) is 4.68. The van der Waals surface area contributed by atoms with Gasteiger partial charge in [-0.25, -0.2) is 0 Å². The van der Waals surface area contributed by atoms with Crippen LogP contribution in [-0.2, 0) is 9.47 Å². The van der Waals surface area contributed by atoms with Gasteiger partial charge in [-0.1, -0.05) is 0 Å². The van der Waals surface area contributed by atoms with E-state index in [0.29, 0.717) is 24.2 Å². The van der Waals surface area contributed by atoms with E-state index in [4.69, 9.17) is 15.3 Å². The molecule has 0 aromatic rings. The van der Waals surface area contributed by atoms with Crippen LogP contribution in [0.3, 0.4) is 0 Å². The van der Waals surface area contributed by atoms with Crippen LogP contribution in [0.1, 0.15) is 32.1 Å². The standard InChI is InChI=1S/C11H22N2O2/c1-14-6-2-3-10(13-12)9-7-8-4-5-11(9)15-8/h8-11,13H,2-7,12H2,1H3. The average molecular weight is 214 g/mol. The third kappa shape index (κ3) is 2.50. The van der Waals surface area contributed by atoms with Gasteiger partial charge in [0.15, 0.2) is 0 Å². The lowest BCUT2D eigenvalue weighted by Crippen LogP contribution is -2.44. The van der Waals surface area contributed by atoms with Crippen LogP contribution < -0.4 is 11.3 Å². The minimum atomic E-state index is 0.399. The molecule has 2 fully saturated rings. The van der Waals surface area contributed by atoms with Crippen LogP contribution in [0.5, 0.6) is 0 Å². The van der Waals surface area contributed by atoms with Gasteiger partial charge in [-0.05, 0) is 32.1 Å². The fourth-order valence-corrected chi connectivity index (χ4v) is 2.97. The summed E-state index contributed by atoms with van der Waals surface area (Å²) in [6.07, 6.45) is 6.78. The minimum Gasteiger partial charge on any atom is -0.385 e. The lowest BCUT2D eigenvalue weighted by atomic mass is 9.82. The average Bonchev–Trinajstić information content (AvgIpc) is 2.86. The summed E-state index contributed by atoms with van der Waals surface area (Å²) in [5, 5.41) is 0. The summed E-state index contributed by atoms with van der Waals surface area (Å²) in [5.74, 6) is 6.24. The first-order valence-electron chi connectivity index (χ1n) is 5.95. The van der Waals surface area contributed by atoms with Crippen molar-refractivity contribution in [2.75, 3.05) is 13.7 Å². The molecule has 0 aromatic carbocycles. The molecule has 0 aromatic heterocycles. The van der Waals surface area contributed by atoms with E-state index in [-0.39, 0.29) is 0 Å². The maximum absolute atomic E-state index is 5.85. The van der Waals surface area contributed by atoms with Crippen LogP contribution in [0.25, 0.3) is 0 Å². The van der Waals surface area contributed by atoms with Crippen molar-refractivity contribution < 1.29 is 9.47 Å². The third-order valence-electron chi connectivity index (χ3n) is 3.75. The van der Waals surface area contributed by atoms with Crippen LogP contribution in [-0.4, -0.2) is 32.0 Å². The zero-order valence-electron chi connectivity index (χ0n) is 9.45. The van der Waals surface area contributed by atoms with Crippen molar-refractivity contribution >= 4 is 0 Å². The van der Waals surface area contributed by atoms with Crippen LogP contribution in [0.15, 0.2) is 0 Å². The zero-order valence-corrected chi connectivity index (χ0v) is 9.45. The van der Waals surface area contributed by atoms with Crippen LogP contribution in [0.2, 0.25) is 0 Å². The molecule has 0 spiro atoms. The summed E-state index contributed by atoms with van der Waals surface area (Å²) in [6, 6.07) is 0.399. The molecule has 4 heteroatoms. The molecule has 3 N–H and O–H groups in total. The quantitative estimate of drug-likeness (QED) is 0.390. The van der Waals surface area contributed by atoms with Gasteiger partial charge in [0.2, 0.25) is 0 Å². The molecule has 0 radical (unpaired) electrons. The Labute approximate surface area is 91.5 Å². The van der Waals surface area contributed by atoms with Crippen molar-refractivity contribution in [1.29, 1.82) is 0 Å². The van der Waals surface area contributed by atoms with Crippen molar-refractivity contribution in [1.82, 2.24) is 5.43 Å². The summed E-state index contributed by atoms with van der Waals surface area (Å²) in [6.45, 7) is 0.819. The molecule has 0 aliphatic carbocycles. The lowest BCUT2D eigenvalue weighted by molar-refractivity contribution is 0.0836. The van der Waals surface area contributed by atoms with E-state index in [1.165, 1.54) is 19.3 Å². The van der Waals surface area contributed by atoms with E-state index in [1.807, 2.05) is 0 Å². The van der Waals surface area contributed by atoms with E-state index in [2.05, 4.69) is 5.43 Å². The van der Waals surface area contributed by atoms with Gasteiger partial charge in [-0.15, -0.1) is 0 Å². The number of rotatable bonds is 6. The number of methoxy groups -OCH3 is 1. The first-order valence-corrected chi connectivity index (χ1v) is 5.95. The lowest BCUT2D eigenvalue weighted by Gasteiger charge is -2.27. The van der Waals surface area contributed by atoms with Crippen molar-refractivity contribution in [2.45, 2.75) is 50.4 Å². The van der Waals surface area contributed by atoms with Crippen molar-refractivity contribution in [3.63, 3.8) is 0 Å². The van der Waals surface area contributed by atoms with Crippen molar-refractivity contribution in [3.05, 3.63) is 0 Å². The molecule has 15 heavy (non-hydrogen) atoms. The van der Waals surface area contributed by atoms with Gasteiger partial charge in [0, 0.05) is 25.7 Å². The molecule has 2 heterocycles. The third-order valence-corrected chi connectivity index (χ3v) is 3.75. The minimum absolute atomic E-state index is 0.399. The van der Waals surface area contributed by atoms with E-state index < -0.39 is 0 Å². The topological polar surface area (TPSA) is 56.5 Å². The molecular formula is C11H22N2O2. The number of ether oxygens (including phenoxy) is 2. The van der Waals surface area contributed by atoms with Gasteiger partial charge < -0.3 is 9.47 Å². The molecule has 2 rings (SSSR count). The number of nitrogens with two attached hydrogens (primary N) is 1. The van der Waals surface area contributed by atoms with Gasteiger partial charge in [-0.3, -0.25) is 11.3 Å². The van der Waals surface area contributed by atoms with E-state index in [0.717, 1.165) is 19.4 Å². The summed E-state index contributed by atoms with van der Waals surface area (Å²) in [7, 11) is 1.74. The summed E-state index contributed by atoms with van der Waals surface area (Å²) in [4.78, 5) is 0. The van der Waals surface area contributed by atoms with Crippen LogP contribution >= 0.6 is 0 Å². The highest BCUT2D eigenvalue weighted by Crippen LogP contribution is 2.41. The highest BCUT2D eigenvalue weighted by molar-refractivity contribution is 4.94. The summed E-state index contributed by atoms with van der Waals surface area (Å²) < 4.78 is 10.9. The Bertz CT molecular complexity index is 201. The maximum atomic E-state index is 5.85. The van der Waals surface area contributed by atoms with Gasteiger partial charge >= 0.3 is 0 Å². The Morgan fingerprint density at radius 3 is 2.93 bits per heavy atom. The predicted molar refractivity (Wildman–Crippen MR) is 58.2 cm³/mol. The van der Waals surface area contributed by atoms with E-state index in [9.17, 15) is 0 Å². The molecule has 88 valence electrons. The predicted octanol–water partition coefficient (Wildman–Crippen LogP) is 0.812. The molecule has 0 amide bonds. The molecule has 2 saturated heterocycles. The molecule has 2 bridgehead atoms. The zero-order chi connectivity index (χ0) is 10.7. The molecule has 0 saturated carbocycles. The summed E-state index contributed by atoms with van der Waals surface area (Å²) >= 11 is 0. The second kappa shape index (κ2) is 5.25. The number of hydrogen-bond donors (Lipinski definition) is 2. The Morgan fingerprint density at radius 1 is 1.53 bits per heavy atom. The van der Waals surface area contributed by atoms with Gasteiger partial charge in [0.1, 0.15) is 0 Å². The Hall–Kier alpha value is -0.160. The maximum Gasteiger partial charge on any atom is 0.0624 e. The molecule has 4 unspecified atom stereocenters. The number of nitrogens with one attached hydrogen (secondary N) is 1. The smallest absolute Gasteiger partial charge is 0.0624 e. The highest BCUT2D eigenvalue weighted by Gasteiger charge is 2.43. The molecular weight excluding hydrogens is 192 g/mol. The highest BCUT2D eigenvalue weighted by atomic mass is 16.5. The monoisotopic (exact) mass is 214 g/mol. The Morgan fingerprint density at radius 2 is 2.40 bits per heavy atom. The Kier molecular flexibility index (Phi) is 3.97. The fourth-order valence-electron chi connectivity index (χ4n) is 2.97. The number of hydrogen-bond acceptors (Lipinski definition) is 4. The Balaban J connectivity index is 1.79. The van der Waals surface area contributed by atoms with E-state index in [1.54, 1.807) is 7.11 Å². The molecule has 4 nitrogen and oxygen atoms in total. The normalized spacial score (nSPS) is 36.0. The van der Waals surface area contributed by atoms with E-state index >= 15 is 0 Å². The first-order chi connectivity index (χ1) is 7.35. The number of hydrazine groups is 1. The van der Waals surface area contributed by atoms with Crippen molar-refractivity contribution in [3.8, 4) is 0 Å².